The number of aromatic carboxylic acids is 1. The second-order valence-electron chi connectivity index (χ2n) is 5.61. The second-order valence-corrected chi connectivity index (χ2v) is 5.61. The molecule has 0 aliphatic heterocycles. The SMILES string of the molecule is O=C(O)c1cn(CCO)c2ccc(/C=C/c3ccccc3)cc2c1=O. The molecule has 1 heterocycles. The Kier molecular flexibility index (Phi) is 4.77. The Bertz CT molecular complexity index is 1000. The van der Waals surface area contributed by atoms with Gasteiger partial charge in [0.15, 0.2) is 0 Å². The molecule has 0 saturated heterocycles. The molecule has 0 radical (unpaired) electrons. The molecule has 0 aliphatic carbocycles. The summed E-state index contributed by atoms with van der Waals surface area (Å²) in [4.78, 5) is 23.8. The van der Waals surface area contributed by atoms with Crippen LogP contribution in [0.4, 0.5) is 0 Å². The molecule has 0 spiro atoms. The van der Waals surface area contributed by atoms with Crippen molar-refractivity contribution < 1.29 is 15.0 Å². The molecule has 0 bridgehead atoms. The number of nitrogens with zero attached hydrogens (tertiary/aromatic N) is 1. The highest BCUT2D eigenvalue weighted by Crippen LogP contribution is 2.17. The maximum absolute atomic E-state index is 12.5. The van der Waals surface area contributed by atoms with E-state index in [0.29, 0.717) is 10.9 Å². The van der Waals surface area contributed by atoms with Crippen LogP contribution >= 0.6 is 0 Å². The van der Waals surface area contributed by atoms with Gasteiger partial charge in [-0.3, -0.25) is 4.79 Å². The summed E-state index contributed by atoms with van der Waals surface area (Å²) in [5.41, 5.74) is 1.60. The van der Waals surface area contributed by atoms with E-state index in [9.17, 15) is 19.8 Å². The van der Waals surface area contributed by atoms with Crippen LogP contribution in [0.3, 0.4) is 0 Å². The Balaban J connectivity index is 2.12. The van der Waals surface area contributed by atoms with Crippen LogP contribution in [-0.2, 0) is 6.54 Å². The number of rotatable bonds is 5. The minimum absolute atomic E-state index is 0.146. The van der Waals surface area contributed by atoms with Crippen LogP contribution in [0.1, 0.15) is 21.5 Å². The molecular weight excluding hydrogens is 318 g/mol. The van der Waals surface area contributed by atoms with Crippen molar-refractivity contribution in [3.63, 3.8) is 0 Å². The molecular formula is C20H17NO4. The van der Waals surface area contributed by atoms with Gasteiger partial charge < -0.3 is 14.8 Å². The molecule has 0 atom stereocenters. The second kappa shape index (κ2) is 7.15. The molecule has 2 N–H and O–H groups in total. The number of carboxylic acid groups (broad SMARTS) is 1. The lowest BCUT2D eigenvalue weighted by atomic mass is 10.1. The Morgan fingerprint density at radius 3 is 2.44 bits per heavy atom. The third kappa shape index (κ3) is 3.51. The van der Waals surface area contributed by atoms with E-state index in [1.165, 1.54) is 6.20 Å². The average Bonchev–Trinajstić information content (AvgIpc) is 2.63. The zero-order valence-electron chi connectivity index (χ0n) is 13.4. The van der Waals surface area contributed by atoms with E-state index in [4.69, 9.17) is 0 Å². The number of aromatic nitrogens is 1. The molecule has 0 unspecified atom stereocenters. The van der Waals surface area contributed by atoms with Crippen LogP contribution < -0.4 is 5.43 Å². The van der Waals surface area contributed by atoms with Crippen molar-refractivity contribution in [2.45, 2.75) is 6.54 Å². The molecule has 2 aromatic carbocycles. The molecule has 5 nitrogen and oxygen atoms in total. The number of pyridine rings is 1. The monoisotopic (exact) mass is 335 g/mol. The Hall–Kier alpha value is -3.18. The van der Waals surface area contributed by atoms with Crippen molar-refractivity contribution in [2.75, 3.05) is 6.61 Å². The third-order valence-corrected chi connectivity index (χ3v) is 3.94. The normalized spacial score (nSPS) is 11.2. The van der Waals surface area contributed by atoms with Crippen molar-refractivity contribution in [1.82, 2.24) is 4.57 Å². The van der Waals surface area contributed by atoms with Crippen LogP contribution in [0.2, 0.25) is 0 Å². The number of benzene rings is 2. The maximum Gasteiger partial charge on any atom is 0.341 e. The minimum Gasteiger partial charge on any atom is -0.477 e. The average molecular weight is 335 g/mol. The number of carbonyl (C=O) groups is 1. The van der Waals surface area contributed by atoms with Crippen LogP contribution in [-0.4, -0.2) is 27.4 Å². The van der Waals surface area contributed by atoms with Crippen molar-refractivity contribution in [2.24, 2.45) is 0 Å². The maximum atomic E-state index is 12.5. The number of aliphatic hydroxyl groups is 1. The highest BCUT2D eigenvalue weighted by molar-refractivity contribution is 5.93. The van der Waals surface area contributed by atoms with Gasteiger partial charge in [-0.15, -0.1) is 0 Å². The first-order valence-electron chi connectivity index (χ1n) is 7.84. The van der Waals surface area contributed by atoms with Gasteiger partial charge in [0, 0.05) is 18.1 Å². The van der Waals surface area contributed by atoms with Crippen LogP contribution in [0.5, 0.6) is 0 Å². The fourth-order valence-corrected chi connectivity index (χ4v) is 2.72. The van der Waals surface area contributed by atoms with Crippen LogP contribution in [0, 0.1) is 0 Å². The molecule has 0 amide bonds. The predicted octanol–water partition coefficient (Wildman–Crippen LogP) is 2.86. The Labute approximate surface area is 144 Å². The number of carboxylic acids is 1. The quantitative estimate of drug-likeness (QED) is 0.703. The fourth-order valence-electron chi connectivity index (χ4n) is 2.72. The topological polar surface area (TPSA) is 79.5 Å². The van der Waals surface area contributed by atoms with Gasteiger partial charge in [0.05, 0.1) is 12.1 Å². The van der Waals surface area contributed by atoms with E-state index in [2.05, 4.69) is 0 Å². The lowest BCUT2D eigenvalue weighted by Crippen LogP contribution is -2.19. The van der Waals surface area contributed by atoms with Gasteiger partial charge in [-0.05, 0) is 23.3 Å². The van der Waals surface area contributed by atoms with Gasteiger partial charge in [0.25, 0.3) is 0 Å². The van der Waals surface area contributed by atoms with Crippen molar-refractivity contribution in [3.05, 3.63) is 81.6 Å². The highest BCUT2D eigenvalue weighted by atomic mass is 16.4. The molecule has 5 heteroatoms. The molecule has 0 saturated carbocycles. The summed E-state index contributed by atoms with van der Waals surface area (Å²) in [6.45, 7) is 0.0724. The largest absolute Gasteiger partial charge is 0.477 e. The first kappa shape index (κ1) is 16.7. The number of hydrogen-bond donors (Lipinski definition) is 2. The van der Waals surface area contributed by atoms with Crippen molar-refractivity contribution in [3.8, 4) is 0 Å². The van der Waals surface area contributed by atoms with Gasteiger partial charge >= 0.3 is 5.97 Å². The lowest BCUT2D eigenvalue weighted by Gasteiger charge is -2.11. The Morgan fingerprint density at radius 2 is 1.76 bits per heavy atom. The fraction of sp³-hybridized carbons (Fsp3) is 0.100. The lowest BCUT2D eigenvalue weighted by molar-refractivity contribution is 0.0694. The van der Waals surface area contributed by atoms with E-state index in [-0.39, 0.29) is 18.7 Å². The Morgan fingerprint density at radius 1 is 1.04 bits per heavy atom. The first-order chi connectivity index (χ1) is 12.1. The summed E-state index contributed by atoms with van der Waals surface area (Å²) < 4.78 is 1.59. The van der Waals surface area contributed by atoms with Gasteiger partial charge in [-0.25, -0.2) is 4.79 Å². The molecule has 3 rings (SSSR count). The summed E-state index contributed by atoms with van der Waals surface area (Å²) in [6, 6.07) is 15.0. The summed E-state index contributed by atoms with van der Waals surface area (Å²) in [6.07, 6.45) is 5.08. The van der Waals surface area contributed by atoms with Gasteiger partial charge in [0.2, 0.25) is 5.43 Å². The molecule has 1 aromatic heterocycles. The summed E-state index contributed by atoms with van der Waals surface area (Å²) in [7, 11) is 0. The summed E-state index contributed by atoms with van der Waals surface area (Å²) in [5, 5.41) is 18.8. The van der Waals surface area contributed by atoms with E-state index in [1.807, 2.05) is 48.6 Å². The zero-order chi connectivity index (χ0) is 17.8. The standard InChI is InChI=1S/C20H17NO4/c22-11-10-21-13-17(20(24)25)19(23)16-12-15(8-9-18(16)21)7-6-14-4-2-1-3-5-14/h1-9,12-13,22H,10-11H2,(H,24,25)/b7-6+. The van der Waals surface area contributed by atoms with E-state index in [1.54, 1.807) is 16.7 Å². The molecule has 0 aliphatic rings. The van der Waals surface area contributed by atoms with E-state index < -0.39 is 11.4 Å². The molecule has 126 valence electrons. The van der Waals surface area contributed by atoms with E-state index >= 15 is 0 Å². The van der Waals surface area contributed by atoms with E-state index in [0.717, 1.165) is 11.1 Å². The third-order valence-electron chi connectivity index (χ3n) is 3.94. The van der Waals surface area contributed by atoms with Crippen LogP contribution in [0.15, 0.2) is 59.5 Å². The molecule has 3 aromatic rings. The van der Waals surface area contributed by atoms with Crippen LogP contribution in [0.25, 0.3) is 23.1 Å². The van der Waals surface area contributed by atoms with Crippen molar-refractivity contribution >= 4 is 29.0 Å². The molecule has 0 fully saturated rings. The predicted molar refractivity (Wildman–Crippen MR) is 97.6 cm³/mol. The smallest absolute Gasteiger partial charge is 0.341 e. The van der Waals surface area contributed by atoms with Gasteiger partial charge in [-0.2, -0.15) is 0 Å². The minimum atomic E-state index is -1.27. The molecule has 25 heavy (non-hydrogen) atoms. The summed E-state index contributed by atoms with van der Waals surface area (Å²) >= 11 is 0. The summed E-state index contributed by atoms with van der Waals surface area (Å²) in [5.74, 6) is -1.27. The zero-order valence-corrected chi connectivity index (χ0v) is 13.4. The van der Waals surface area contributed by atoms with Crippen molar-refractivity contribution in [1.29, 1.82) is 0 Å². The highest BCUT2D eigenvalue weighted by Gasteiger charge is 2.14. The first-order valence-corrected chi connectivity index (χ1v) is 7.84. The van der Waals surface area contributed by atoms with Gasteiger partial charge in [-0.1, -0.05) is 48.6 Å². The van der Waals surface area contributed by atoms with Gasteiger partial charge in [0.1, 0.15) is 5.56 Å². The number of fused-ring (bicyclic) bond motifs is 1. The number of hydrogen-bond acceptors (Lipinski definition) is 3. The number of aliphatic hydroxyl groups excluding tert-OH is 1.